The van der Waals surface area contributed by atoms with E-state index in [2.05, 4.69) is 0 Å². The molecular formula is C20H24N2O5S. The lowest BCUT2D eigenvalue weighted by Gasteiger charge is -2.27. The van der Waals surface area contributed by atoms with Gasteiger partial charge < -0.3 is 24.0 Å². The summed E-state index contributed by atoms with van der Waals surface area (Å²) in [6.07, 6.45) is 0. The molecule has 3 rings (SSSR count). The lowest BCUT2D eigenvalue weighted by Crippen LogP contribution is -2.42. The van der Waals surface area contributed by atoms with Crippen LogP contribution in [0.2, 0.25) is 0 Å². The van der Waals surface area contributed by atoms with Crippen LogP contribution in [0.15, 0.2) is 35.7 Å². The van der Waals surface area contributed by atoms with Gasteiger partial charge >= 0.3 is 0 Å². The lowest BCUT2D eigenvalue weighted by atomic mass is 10.2. The third-order valence-electron chi connectivity index (χ3n) is 4.43. The van der Waals surface area contributed by atoms with Gasteiger partial charge in [-0.3, -0.25) is 9.59 Å². The van der Waals surface area contributed by atoms with Gasteiger partial charge in [-0.05, 0) is 29.1 Å². The van der Waals surface area contributed by atoms with E-state index >= 15 is 0 Å². The van der Waals surface area contributed by atoms with Gasteiger partial charge in [0.25, 0.3) is 0 Å². The van der Waals surface area contributed by atoms with Crippen LogP contribution in [-0.2, 0) is 27.4 Å². The van der Waals surface area contributed by atoms with Crippen molar-refractivity contribution in [2.24, 2.45) is 0 Å². The van der Waals surface area contributed by atoms with E-state index in [1.54, 1.807) is 23.3 Å². The molecule has 0 unspecified atom stereocenters. The number of thiophene rings is 1. The second kappa shape index (κ2) is 9.57. The summed E-state index contributed by atoms with van der Waals surface area (Å²) < 4.78 is 15.8. The second-order valence-electron chi connectivity index (χ2n) is 6.45. The number of carbonyl (C=O) groups excluding carboxylic acids is 2. The van der Waals surface area contributed by atoms with Crippen LogP contribution in [0.5, 0.6) is 11.5 Å². The fourth-order valence-electron chi connectivity index (χ4n) is 2.90. The molecule has 0 fully saturated rings. The number of hydrogen-bond acceptors (Lipinski definition) is 6. The first-order chi connectivity index (χ1) is 13.6. The predicted molar refractivity (Wildman–Crippen MR) is 105 cm³/mol. The van der Waals surface area contributed by atoms with Gasteiger partial charge in [-0.15, -0.1) is 11.3 Å². The highest BCUT2D eigenvalue weighted by Gasteiger charge is 2.21. The molecule has 7 nitrogen and oxygen atoms in total. The number of fused-ring (bicyclic) bond motifs is 1. The van der Waals surface area contributed by atoms with E-state index in [9.17, 15) is 9.59 Å². The number of hydrogen-bond donors (Lipinski definition) is 0. The van der Waals surface area contributed by atoms with Crippen LogP contribution in [-0.4, -0.2) is 55.2 Å². The van der Waals surface area contributed by atoms with Crippen LogP contribution in [0.1, 0.15) is 17.4 Å². The predicted octanol–water partition coefficient (Wildman–Crippen LogP) is 2.50. The van der Waals surface area contributed by atoms with E-state index in [1.165, 1.54) is 11.8 Å². The quantitative estimate of drug-likeness (QED) is 0.642. The van der Waals surface area contributed by atoms with Crippen LogP contribution < -0.4 is 9.47 Å². The van der Waals surface area contributed by atoms with Crippen LogP contribution >= 0.6 is 11.3 Å². The van der Waals surface area contributed by atoms with Gasteiger partial charge in [-0.25, -0.2) is 0 Å². The Balaban J connectivity index is 1.74. The fourth-order valence-corrected chi connectivity index (χ4v) is 3.61. The third kappa shape index (κ3) is 5.24. The first kappa shape index (κ1) is 20.2. The Hall–Kier alpha value is -2.58. The van der Waals surface area contributed by atoms with E-state index in [1.807, 2.05) is 35.7 Å². The topological polar surface area (TPSA) is 68.3 Å². The molecule has 0 aliphatic carbocycles. The van der Waals surface area contributed by atoms with Crippen LogP contribution in [0.3, 0.4) is 0 Å². The summed E-state index contributed by atoms with van der Waals surface area (Å²) in [5.74, 6) is 1.13. The number of rotatable bonds is 9. The average molecular weight is 404 g/mol. The van der Waals surface area contributed by atoms with Crippen molar-refractivity contribution in [3.8, 4) is 11.5 Å². The monoisotopic (exact) mass is 404 g/mol. The maximum absolute atomic E-state index is 13.0. The molecule has 1 aromatic carbocycles. The first-order valence-corrected chi connectivity index (χ1v) is 9.88. The van der Waals surface area contributed by atoms with Crippen molar-refractivity contribution in [2.45, 2.75) is 20.0 Å². The van der Waals surface area contributed by atoms with Gasteiger partial charge in [-0.2, -0.15) is 0 Å². The summed E-state index contributed by atoms with van der Waals surface area (Å²) in [5.41, 5.74) is 0.945. The molecule has 0 bridgehead atoms. The molecule has 1 aromatic heterocycles. The number of ether oxygens (including phenoxy) is 3. The Morgan fingerprint density at radius 3 is 2.68 bits per heavy atom. The highest BCUT2D eigenvalue weighted by atomic mass is 32.1. The molecule has 0 saturated carbocycles. The fraction of sp³-hybridized carbons (Fsp3) is 0.400. The van der Waals surface area contributed by atoms with E-state index < -0.39 is 0 Å². The molecular weight excluding hydrogens is 380 g/mol. The van der Waals surface area contributed by atoms with E-state index in [4.69, 9.17) is 14.2 Å². The van der Waals surface area contributed by atoms with Crippen molar-refractivity contribution in [2.75, 3.05) is 33.6 Å². The van der Waals surface area contributed by atoms with Gasteiger partial charge in [0.2, 0.25) is 18.6 Å². The molecule has 0 atom stereocenters. The Kier molecular flexibility index (Phi) is 6.89. The Morgan fingerprint density at radius 1 is 1.14 bits per heavy atom. The number of benzene rings is 1. The molecule has 2 heterocycles. The molecule has 2 amide bonds. The van der Waals surface area contributed by atoms with Crippen molar-refractivity contribution in [3.05, 3.63) is 46.2 Å². The molecule has 28 heavy (non-hydrogen) atoms. The summed E-state index contributed by atoms with van der Waals surface area (Å²) in [7, 11) is 1.57. The maximum Gasteiger partial charge on any atom is 0.242 e. The standard InChI is InChI=1S/C20H24N2O5S/c1-15(23)21(7-8-25-2)13-20(24)22(12-17-4-3-9-28-17)11-16-5-6-18-19(10-16)27-14-26-18/h3-6,9-10H,7-8,11-14H2,1-2H3. The number of amides is 2. The van der Waals surface area contributed by atoms with E-state index in [0.717, 1.165) is 10.4 Å². The van der Waals surface area contributed by atoms with Gasteiger partial charge in [0.15, 0.2) is 11.5 Å². The zero-order chi connectivity index (χ0) is 19.9. The number of nitrogens with zero attached hydrogens (tertiary/aromatic N) is 2. The normalized spacial score (nSPS) is 12.1. The molecule has 1 aliphatic rings. The highest BCUT2D eigenvalue weighted by Crippen LogP contribution is 2.33. The molecule has 0 radical (unpaired) electrons. The van der Waals surface area contributed by atoms with Gasteiger partial charge in [0.1, 0.15) is 0 Å². The molecule has 2 aromatic rings. The van der Waals surface area contributed by atoms with Crippen molar-refractivity contribution in [3.63, 3.8) is 0 Å². The first-order valence-electron chi connectivity index (χ1n) is 9.00. The van der Waals surface area contributed by atoms with Gasteiger partial charge in [-0.1, -0.05) is 12.1 Å². The number of carbonyl (C=O) groups is 2. The minimum atomic E-state index is -0.149. The summed E-state index contributed by atoms with van der Waals surface area (Å²) in [6.45, 7) is 3.38. The molecule has 8 heteroatoms. The minimum Gasteiger partial charge on any atom is -0.454 e. The lowest BCUT2D eigenvalue weighted by molar-refractivity contribution is -0.140. The molecule has 1 aliphatic heterocycles. The minimum absolute atomic E-state index is 0.0224. The molecule has 0 spiro atoms. The average Bonchev–Trinajstić information content (AvgIpc) is 3.35. The maximum atomic E-state index is 13.0. The highest BCUT2D eigenvalue weighted by molar-refractivity contribution is 7.09. The van der Waals surface area contributed by atoms with Crippen LogP contribution in [0.25, 0.3) is 0 Å². The Bertz CT molecular complexity index is 809. The van der Waals surface area contributed by atoms with Crippen LogP contribution in [0, 0.1) is 0 Å². The molecule has 0 N–H and O–H groups in total. The Labute approximate surface area is 168 Å². The summed E-state index contributed by atoms with van der Waals surface area (Å²) in [4.78, 5) is 29.3. The summed E-state index contributed by atoms with van der Waals surface area (Å²) in [5, 5.41) is 1.99. The second-order valence-corrected chi connectivity index (χ2v) is 7.48. The Morgan fingerprint density at radius 2 is 1.96 bits per heavy atom. The zero-order valence-corrected chi connectivity index (χ0v) is 16.9. The van der Waals surface area contributed by atoms with E-state index in [0.29, 0.717) is 37.7 Å². The van der Waals surface area contributed by atoms with Crippen molar-refractivity contribution < 1.29 is 23.8 Å². The molecule has 0 saturated heterocycles. The van der Waals surface area contributed by atoms with Gasteiger partial charge in [0.05, 0.1) is 19.7 Å². The van der Waals surface area contributed by atoms with Gasteiger partial charge in [0, 0.05) is 32.0 Å². The third-order valence-corrected chi connectivity index (χ3v) is 5.29. The van der Waals surface area contributed by atoms with Crippen molar-refractivity contribution in [1.82, 2.24) is 9.80 Å². The smallest absolute Gasteiger partial charge is 0.242 e. The van der Waals surface area contributed by atoms with E-state index in [-0.39, 0.29) is 25.2 Å². The number of methoxy groups -OCH3 is 1. The summed E-state index contributed by atoms with van der Waals surface area (Å²) in [6, 6.07) is 9.63. The zero-order valence-electron chi connectivity index (χ0n) is 16.1. The van der Waals surface area contributed by atoms with Crippen molar-refractivity contribution in [1.29, 1.82) is 0 Å². The molecule has 150 valence electrons. The SMILES string of the molecule is COCCN(CC(=O)N(Cc1ccc2c(c1)OCO2)Cc1cccs1)C(C)=O. The largest absolute Gasteiger partial charge is 0.454 e. The van der Waals surface area contributed by atoms with Crippen molar-refractivity contribution >= 4 is 23.2 Å². The van der Waals surface area contributed by atoms with Crippen LogP contribution in [0.4, 0.5) is 0 Å². The summed E-state index contributed by atoms with van der Waals surface area (Å²) >= 11 is 1.60.